The quantitative estimate of drug-likeness (QED) is 0.691. The molecule has 0 aliphatic carbocycles. The molecule has 1 atom stereocenters. The molecular weight excluding hydrogens is 338 g/mol. The predicted molar refractivity (Wildman–Crippen MR) is 97.0 cm³/mol. The van der Waals surface area contributed by atoms with Gasteiger partial charge in [0.05, 0.1) is 0 Å². The summed E-state index contributed by atoms with van der Waals surface area (Å²) in [7, 11) is 0. The molecule has 114 valence electrons. The Balaban J connectivity index is 1.97. The van der Waals surface area contributed by atoms with Gasteiger partial charge >= 0.3 is 0 Å². The van der Waals surface area contributed by atoms with E-state index in [1.807, 2.05) is 36.4 Å². The van der Waals surface area contributed by atoms with Gasteiger partial charge in [-0.15, -0.1) is 0 Å². The highest BCUT2D eigenvalue weighted by Gasteiger charge is 2.03. The molecule has 0 heterocycles. The zero-order valence-corrected chi connectivity index (χ0v) is 14.4. The van der Waals surface area contributed by atoms with Crippen LogP contribution < -0.4 is 5.32 Å². The molecule has 0 aliphatic heterocycles. The smallest absolute Gasteiger partial charge is 0.248 e. The van der Waals surface area contributed by atoms with E-state index >= 15 is 0 Å². The second-order valence-corrected chi connectivity index (χ2v) is 6.22. The molecule has 0 unspecified atom stereocenters. The van der Waals surface area contributed by atoms with Gasteiger partial charge in [-0.2, -0.15) is 0 Å². The fraction of sp³-hybridized carbons (Fsp3) is 0.211. The van der Waals surface area contributed by atoms with Crippen LogP contribution in [0, 0.1) is 0 Å². The molecule has 1 amide bonds. The molecule has 0 aromatic heterocycles. The Morgan fingerprint density at radius 1 is 1.23 bits per heavy atom. The summed E-state index contributed by atoms with van der Waals surface area (Å²) in [6.07, 6.45) is 4.46. The van der Waals surface area contributed by atoms with Crippen LogP contribution in [0.15, 0.2) is 59.1 Å². The number of hydrogen-bond donors (Lipinski definition) is 1. The summed E-state index contributed by atoms with van der Waals surface area (Å²) in [6.45, 7) is 4.38. The van der Waals surface area contributed by atoms with E-state index in [2.05, 4.69) is 47.2 Å². The van der Waals surface area contributed by atoms with E-state index in [-0.39, 0.29) is 5.91 Å². The maximum absolute atomic E-state index is 11.9. The third-order valence-corrected chi connectivity index (χ3v) is 4.13. The average Bonchev–Trinajstić information content (AvgIpc) is 2.53. The van der Waals surface area contributed by atoms with E-state index in [0.717, 1.165) is 22.1 Å². The molecule has 0 fully saturated rings. The Morgan fingerprint density at radius 3 is 2.59 bits per heavy atom. The van der Waals surface area contributed by atoms with E-state index in [1.165, 1.54) is 5.56 Å². The molecule has 1 N–H and O–H groups in total. The van der Waals surface area contributed by atoms with Crippen molar-refractivity contribution >= 4 is 33.6 Å². The first kappa shape index (κ1) is 16.5. The zero-order valence-electron chi connectivity index (χ0n) is 12.8. The lowest BCUT2D eigenvalue weighted by molar-refractivity contribution is -0.111. The Kier molecular flexibility index (Phi) is 5.96. The van der Waals surface area contributed by atoms with Crippen LogP contribution in [-0.2, 0) is 4.79 Å². The van der Waals surface area contributed by atoms with Gasteiger partial charge in [0.2, 0.25) is 5.91 Å². The lowest BCUT2D eigenvalue weighted by Gasteiger charge is -2.09. The normalized spacial score (nSPS) is 12.3. The molecule has 22 heavy (non-hydrogen) atoms. The molecule has 0 saturated heterocycles. The molecule has 0 spiro atoms. The first-order valence-electron chi connectivity index (χ1n) is 7.43. The number of amides is 1. The summed E-state index contributed by atoms with van der Waals surface area (Å²) in [6, 6.07) is 15.9. The number of carbonyl (C=O) groups excluding carboxylic acids is 1. The number of anilines is 1. The van der Waals surface area contributed by atoms with Gasteiger partial charge in [-0.25, -0.2) is 0 Å². The van der Waals surface area contributed by atoms with Crippen molar-refractivity contribution in [1.29, 1.82) is 0 Å². The molecule has 0 bridgehead atoms. The predicted octanol–water partition coefficient (Wildman–Crippen LogP) is 5.61. The van der Waals surface area contributed by atoms with Crippen LogP contribution in [0.4, 0.5) is 5.69 Å². The summed E-state index contributed by atoms with van der Waals surface area (Å²) in [5.74, 6) is 0.414. The van der Waals surface area contributed by atoms with Gasteiger partial charge in [0.1, 0.15) is 0 Å². The lowest BCUT2D eigenvalue weighted by atomic mass is 9.99. The molecule has 0 saturated carbocycles. The van der Waals surface area contributed by atoms with E-state index in [1.54, 1.807) is 12.2 Å². The van der Waals surface area contributed by atoms with Gasteiger partial charge in [0, 0.05) is 16.2 Å². The van der Waals surface area contributed by atoms with E-state index in [9.17, 15) is 4.79 Å². The Hall–Kier alpha value is -1.87. The largest absolute Gasteiger partial charge is 0.323 e. The topological polar surface area (TPSA) is 29.1 Å². The van der Waals surface area contributed by atoms with Crippen LogP contribution in [-0.4, -0.2) is 5.91 Å². The van der Waals surface area contributed by atoms with Crippen LogP contribution in [0.5, 0.6) is 0 Å². The summed E-state index contributed by atoms with van der Waals surface area (Å²) >= 11 is 3.41. The number of nitrogens with one attached hydrogen (secondary N) is 1. The van der Waals surface area contributed by atoms with E-state index in [4.69, 9.17) is 0 Å². The summed E-state index contributed by atoms with van der Waals surface area (Å²) < 4.78 is 0.996. The second-order valence-electron chi connectivity index (χ2n) is 5.31. The molecule has 0 radical (unpaired) electrons. The number of hydrogen-bond acceptors (Lipinski definition) is 1. The fourth-order valence-corrected chi connectivity index (χ4v) is 2.51. The van der Waals surface area contributed by atoms with Gasteiger partial charge in [-0.05, 0) is 53.8 Å². The average molecular weight is 358 g/mol. The van der Waals surface area contributed by atoms with Gasteiger partial charge in [0.15, 0.2) is 0 Å². The third kappa shape index (κ3) is 4.85. The van der Waals surface area contributed by atoms with Crippen LogP contribution in [0.1, 0.15) is 37.3 Å². The number of halogens is 1. The highest BCUT2D eigenvalue weighted by Crippen LogP contribution is 2.20. The molecule has 2 nitrogen and oxygen atoms in total. The molecule has 2 rings (SSSR count). The van der Waals surface area contributed by atoms with E-state index < -0.39 is 0 Å². The van der Waals surface area contributed by atoms with Crippen molar-refractivity contribution in [2.75, 3.05) is 5.32 Å². The maximum Gasteiger partial charge on any atom is 0.248 e. The first-order chi connectivity index (χ1) is 10.6. The first-order valence-corrected chi connectivity index (χ1v) is 8.22. The molecular formula is C19H20BrNO. The van der Waals surface area contributed by atoms with Crippen molar-refractivity contribution in [3.05, 3.63) is 70.2 Å². The van der Waals surface area contributed by atoms with Crippen LogP contribution in [0.3, 0.4) is 0 Å². The molecule has 0 aliphatic rings. The van der Waals surface area contributed by atoms with Crippen LogP contribution in [0.25, 0.3) is 6.08 Å². The minimum Gasteiger partial charge on any atom is -0.323 e. The van der Waals surface area contributed by atoms with Crippen LogP contribution >= 0.6 is 15.9 Å². The molecule has 2 aromatic rings. The monoisotopic (exact) mass is 357 g/mol. The Morgan fingerprint density at radius 2 is 1.95 bits per heavy atom. The number of carbonyl (C=O) groups is 1. The molecule has 2 aromatic carbocycles. The summed E-state index contributed by atoms with van der Waals surface area (Å²) in [5.41, 5.74) is 3.10. The number of benzene rings is 2. The van der Waals surface area contributed by atoms with Crippen LogP contribution in [0.2, 0.25) is 0 Å². The SMILES string of the molecule is CC[C@H](C)c1ccc(NC(=O)/C=C/c2cccc(Br)c2)cc1. The Bertz CT molecular complexity index is 661. The third-order valence-electron chi connectivity index (χ3n) is 3.64. The van der Waals surface area contributed by atoms with Gasteiger partial charge in [0.25, 0.3) is 0 Å². The number of rotatable bonds is 5. The fourth-order valence-electron chi connectivity index (χ4n) is 2.10. The minimum atomic E-state index is -0.128. The Labute approximate surface area is 140 Å². The van der Waals surface area contributed by atoms with Gasteiger partial charge < -0.3 is 5.32 Å². The zero-order chi connectivity index (χ0) is 15.9. The van der Waals surface area contributed by atoms with Crippen molar-refractivity contribution in [1.82, 2.24) is 0 Å². The van der Waals surface area contributed by atoms with Gasteiger partial charge in [-0.1, -0.05) is 54.0 Å². The highest BCUT2D eigenvalue weighted by molar-refractivity contribution is 9.10. The van der Waals surface area contributed by atoms with E-state index in [0.29, 0.717) is 5.92 Å². The second kappa shape index (κ2) is 7.95. The maximum atomic E-state index is 11.9. The summed E-state index contributed by atoms with van der Waals surface area (Å²) in [5, 5.41) is 2.87. The standard InChI is InChI=1S/C19H20BrNO/c1-3-14(2)16-8-10-18(11-9-16)21-19(22)12-7-15-5-4-6-17(20)13-15/h4-14H,3H2,1-2H3,(H,21,22)/b12-7+/t14-/m0/s1. The summed E-state index contributed by atoms with van der Waals surface area (Å²) in [4.78, 5) is 11.9. The van der Waals surface area contributed by atoms with Crippen molar-refractivity contribution in [2.45, 2.75) is 26.2 Å². The molecule has 3 heteroatoms. The van der Waals surface area contributed by atoms with Crippen molar-refractivity contribution in [2.24, 2.45) is 0 Å². The van der Waals surface area contributed by atoms with Crippen molar-refractivity contribution in [3.63, 3.8) is 0 Å². The highest BCUT2D eigenvalue weighted by atomic mass is 79.9. The van der Waals surface area contributed by atoms with Crippen molar-refractivity contribution in [3.8, 4) is 0 Å². The minimum absolute atomic E-state index is 0.128. The lowest BCUT2D eigenvalue weighted by Crippen LogP contribution is -2.07. The van der Waals surface area contributed by atoms with Gasteiger partial charge in [-0.3, -0.25) is 4.79 Å². The van der Waals surface area contributed by atoms with Crippen molar-refractivity contribution < 1.29 is 4.79 Å².